The van der Waals surface area contributed by atoms with Gasteiger partial charge in [-0.25, -0.2) is 4.79 Å². The predicted octanol–water partition coefficient (Wildman–Crippen LogP) is 4.19. The second-order valence-electron chi connectivity index (χ2n) is 5.30. The molecule has 1 aliphatic rings. The maximum absolute atomic E-state index is 11.5. The maximum Gasteiger partial charge on any atom is 0.407 e. The molecule has 136 valence electrons. The van der Waals surface area contributed by atoms with E-state index in [1.54, 1.807) is 0 Å². The molecule has 0 aromatic heterocycles. The molecule has 0 fully saturated rings. The van der Waals surface area contributed by atoms with E-state index in [0.717, 1.165) is 22.3 Å². The molecule has 1 amide bonds. The van der Waals surface area contributed by atoms with Gasteiger partial charge in [0, 0.05) is 5.92 Å². The molecule has 0 atom stereocenters. The minimum Gasteiger partial charge on any atom is -0.480 e. The van der Waals surface area contributed by atoms with Crippen LogP contribution in [0.3, 0.4) is 0 Å². The Balaban J connectivity index is 0.000000552. The monoisotopic (exact) mass is 395 g/mol. The SMILES string of the molecule is O=C(Cl)Cl.O=C(O)CNC(=O)OCC1c2ccccc2-c2ccccc21. The van der Waals surface area contributed by atoms with Gasteiger partial charge in [-0.2, -0.15) is 0 Å². The van der Waals surface area contributed by atoms with Crippen LogP contribution in [-0.4, -0.2) is 35.0 Å². The normalized spacial score (nSPS) is 11.5. The molecule has 8 heteroatoms. The average Bonchev–Trinajstić information content (AvgIpc) is 2.92. The summed E-state index contributed by atoms with van der Waals surface area (Å²) < 4.78 is 4.29. The van der Waals surface area contributed by atoms with E-state index < -0.39 is 23.3 Å². The highest BCUT2D eigenvalue weighted by molar-refractivity contribution is 6.93. The molecule has 2 aromatic carbocycles. The Morgan fingerprint density at radius 3 is 1.88 bits per heavy atom. The van der Waals surface area contributed by atoms with Crippen molar-refractivity contribution in [2.45, 2.75) is 5.92 Å². The number of ether oxygens (including phenoxy) is 1. The average molecular weight is 396 g/mol. The molecule has 0 aliphatic heterocycles. The number of benzene rings is 2. The molecule has 6 nitrogen and oxygen atoms in total. The third kappa shape index (κ3) is 5.21. The molecular weight excluding hydrogens is 381 g/mol. The quantitative estimate of drug-likeness (QED) is 0.756. The van der Waals surface area contributed by atoms with Crippen molar-refractivity contribution in [2.75, 3.05) is 13.2 Å². The van der Waals surface area contributed by atoms with Gasteiger partial charge in [-0.15, -0.1) is 0 Å². The number of halogens is 2. The Morgan fingerprint density at radius 2 is 1.42 bits per heavy atom. The van der Waals surface area contributed by atoms with Gasteiger partial charge in [0.25, 0.3) is 0 Å². The number of carboxylic acid groups (broad SMARTS) is 1. The van der Waals surface area contributed by atoms with Gasteiger partial charge in [-0.3, -0.25) is 9.59 Å². The van der Waals surface area contributed by atoms with Crippen molar-refractivity contribution in [1.82, 2.24) is 5.32 Å². The lowest BCUT2D eigenvalue weighted by Gasteiger charge is -2.14. The van der Waals surface area contributed by atoms with Gasteiger partial charge < -0.3 is 15.2 Å². The number of carbonyl (C=O) groups is 3. The van der Waals surface area contributed by atoms with E-state index >= 15 is 0 Å². The Bertz CT molecular complexity index is 775. The molecule has 0 bridgehead atoms. The summed E-state index contributed by atoms with van der Waals surface area (Å²) >= 11 is 8.80. The van der Waals surface area contributed by atoms with Crippen LogP contribution in [0.4, 0.5) is 9.59 Å². The van der Waals surface area contributed by atoms with Crippen molar-refractivity contribution >= 4 is 40.0 Å². The standard InChI is InChI=1S/C17H15NO4.CCl2O/c19-16(20)9-18-17(21)22-10-15-13-7-3-1-5-11(13)12-6-2-4-8-14(12)15;2-1(3)4/h1-8,15H,9-10H2,(H,18,21)(H,19,20);. The molecule has 2 N–H and O–H groups in total. The first-order valence-electron chi connectivity index (χ1n) is 7.55. The molecule has 0 saturated heterocycles. The third-order valence-electron chi connectivity index (χ3n) is 3.73. The van der Waals surface area contributed by atoms with Crippen LogP contribution in [0.2, 0.25) is 0 Å². The first-order chi connectivity index (χ1) is 12.4. The zero-order valence-electron chi connectivity index (χ0n) is 13.4. The summed E-state index contributed by atoms with van der Waals surface area (Å²) in [5, 5.41) is 10.7. The molecular formula is C18H15Cl2NO5. The van der Waals surface area contributed by atoms with Crippen LogP contribution >= 0.6 is 23.2 Å². The summed E-state index contributed by atoms with van der Waals surface area (Å²) in [6.07, 6.45) is -0.718. The van der Waals surface area contributed by atoms with Gasteiger partial charge in [0.15, 0.2) is 0 Å². The summed E-state index contributed by atoms with van der Waals surface area (Å²) in [7, 11) is 0. The Hall–Kier alpha value is -2.57. The van der Waals surface area contributed by atoms with Crippen LogP contribution in [0.25, 0.3) is 11.1 Å². The third-order valence-corrected chi connectivity index (χ3v) is 3.73. The number of carboxylic acids is 1. The van der Waals surface area contributed by atoms with Gasteiger partial charge in [-0.05, 0) is 45.5 Å². The van der Waals surface area contributed by atoms with Crippen LogP contribution in [0.5, 0.6) is 0 Å². The number of fused-ring (bicyclic) bond motifs is 3. The predicted molar refractivity (Wildman–Crippen MR) is 97.8 cm³/mol. The first-order valence-corrected chi connectivity index (χ1v) is 8.31. The van der Waals surface area contributed by atoms with Gasteiger partial charge >= 0.3 is 16.8 Å². The maximum atomic E-state index is 11.5. The highest BCUT2D eigenvalue weighted by Gasteiger charge is 2.28. The molecule has 0 spiro atoms. The number of aliphatic carboxylic acids is 1. The molecule has 0 radical (unpaired) electrons. The molecule has 26 heavy (non-hydrogen) atoms. The summed E-state index contributed by atoms with van der Waals surface area (Å²) in [6.45, 7) is -0.268. The molecule has 2 aromatic rings. The lowest BCUT2D eigenvalue weighted by molar-refractivity contribution is -0.135. The lowest BCUT2D eigenvalue weighted by atomic mass is 9.98. The summed E-state index contributed by atoms with van der Waals surface area (Å²) in [4.78, 5) is 30.9. The second-order valence-corrected chi connectivity index (χ2v) is 6.18. The van der Waals surface area contributed by atoms with E-state index in [2.05, 4.69) is 40.7 Å². The fourth-order valence-electron chi connectivity index (χ4n) is 2.80. The number of hydrogen-bond donors (Lipinski definition) is 2. The van der Waals surface area contributed by atoms with Crippen LogP contribution in [0.15, 0.2) is 48.5 Å². The van der Waals surface area contributed by atoms with Gasteiger partial charge in [0.05, 0.1) is 0 Å². The zero-order valence-corrected chi connectivity index (χ0v) is 15.0. The number of hydrogen-bond acceptors (Lipinski definition) is 4. The summed E-state index contributed by atoms with van der Waals surface area (Å²) in [5.74, 6) is -1.13. The first kappa shape index (κ1) is 19.8. The van der Waals surface area contributed by atoms with Gasteiger partial charge in [-0.1, -0.05) is 48.5 Å². The van der Waals surface area contributed by atoms with Crippen LogP contribution in [0, 0.1) is 0 Å². The van der Waals surface area contributed by atoms with E-state index in [4.69, 9.17) is 14.6 Å². The number of nitrogens with one attached hydrogen (secondary N) is 1. The minimum atomic E-state index is -1.10. The Labute approximate surface area is 159 Å². The van der Waals surface area contributed by atoms with E-state index in [1.165, 1.54) is 0 Å². The molecule has 0 saturated carbocycles. The second kappa shape index (κ2) is 9.22. The highest BCUT2D eigenvalue weighted by atomic mass is 35.5. The number of rotatable bonds is 4. The van der Waals surface area contributed by atoms with Crippen LogP contribution < -0.4 is 5.32 Å². The van der Waals surface area contributed by atoms with E-state index in [-0.39, 0.29) is 12.5 Å². The fraction of sp³-hybridized carbons (Fsp3) is 0.167. The van der Waals surface area contributed by atoms with Crippen molar-refractivity contribution in [3.63, 3.8) is 0 Å². The van der Waals surface area contributed by atoms with E-state index in [0.29, 0.717) is 0 Å². The molecule has 0 heterocycles. The fourth-order valence-corrected chi connectivity index (χ4v) is 2.80. The molecule has 0 unspecified atom stereocenters. The van der Waals surface area contributed by atoms with E-state index in [1.807, 2.05) is 36.4 Å². The number of amides is 1. The van der Waals surface area contributed by atoms with Crippen molar-refractivity contribution < 1.29 is 24.2 Å². The molecule has 3 rings (SSSR count). The van der Waals surface area contributed by atoms with E-state index in [9.17, 15) is 9.59 Å². The highest BCUT2D eigenvalue weighted by Crippen LogP contribution is 2.44. The topological polar surface area (TPSA) is 92.7 Å². The minimum absolute atomic E-state index is 0.0250. The number of carbonyl (C=O) groups excluding carboxylic acids is 2. The zero-order chi connectivity index (χ0) is 19.1. The van der Waals surface area contributed by atoms with Crippen LogP contribution in [0.1, 0.15) is 17.0 Å². The smallest absolute Gasteiger partial charge is 0.407 e. The van der Waals surface area contributed by atoms with Crippen molar-refractivity contribution in [1.29, 1.82) is 0 Å². The van der Waals surface area contributed by atoms with Crippen molar-refractivity contribution in [3.8, 4) is 11.1 Å². The largest absolute Gasteiger partial charge is 0.480 e. The lowest BCUT2D eigenvalue weighted by Crippen LogP contribution is -2.30. The van der Waals surface area contributed by atoms with Crippen molar-refractivity contribution in [2.24, 2.45) is 0 Å². The Kier molecular flexibility index (Phi) is 7.00. The summed E-state index contributed by atoms with van der Waals surface area (Å²) in [5.41, 5.74) is 4.54. The van der Waals surface area contributed by atoms with Gasteiger partial charge in [0.2, 0.25) is 0 Å². The Morgan fingerprint density at radius 1 is 0.962 bits per heavy atom. The van der Waals surface area contributed by atoms with Gasteiger partial charge in [0.1, 0.15) is 13.2 Å². The van der Waals surface area contributed by atoms with Crippen LogP contribution in [-0.2, 0) is 9.53 Å². The molecule has 1 aliphatic carbocycles. The summed E-state index contributed by atoms with van der Waals surface area (Å²) in [6, 6.07) is 16.1. The van der Waals surface area contributed by atoms with Crippen molar-refractivity contribution in [3.05, 3.63) is 59.7 Å². The number of alkyl carbamates (subject to hydrolysis) is 1.